The summed E-state index contributed by atoms with van der Waals surface area (Å²) < 4.78 is 26.4. The number of rotatable bonds is 7. The monoisotopic (exact) mass is 333 g/mol. The summed E-state index contributed by atoms with van der Waals surface area (Å²) in [6.07, 6.45) is -0.0156. The zero-order valence-corrected chi connectivity index (χ0v) is 13.5. The number of hydrogen-bond donors (Lipinski definition) is 2. The number of hydrogen-bond acceptors (Lipinski definition) is 2. The van der Waals surface area contributed by atoms with Gasteiger partial charge in [-0.15, -0.1) is 0 Å². The van der Waals surface area contributed by atoms with Gasteiger partial charge in [0.2, 0.25) is 5.91 Å². The minimum atomic E-state index is -0.709. The summed E-state index contributed by atoms with van der Waals surface area (Å²) in [6.45, 7) is 1.73. The van der Waals surface area contributed by atoms with E-state index < -0.39 is 23.8 Å². The number of aliphatic hydroxyl groups is 1. The summed E-state index contributed by atoms with van der Waals surface area (Å²) in [4.78, 5) is 11.9. The lowest BCUT2D eigenvalue weighted by molar-refractivity contribution is -0.122. The van der Waals surface area contributed by atoms with Crippen molar-refractivity contribution < 1.29 is 18.7 Å². The molecule has 0 saturated heterocycles. The highest BCUT2D eigenvalue weighted by atomic mass is 19.1. The molecule has 0 spiro atoms. The van der Waals surface area contributed by atoms with Gasteiger partial charge in [0.25, 0.3) is 0 Å². The van der Waals surface area contributed by atoms with Crippen LogP contribution in [0.1, 0.15) is 24.5 Å². The van der Waals surface area contributed by atoms with E-state index in [1.54, 1.807) is 6.92 Å². The quantitative estimate of drug-likeness (QED) is 0.818. The average molecular weight is 333 g/mol. The van der Waals surface area contributed by atoms with Crippen LogP contribution in [0, 0.1) is 11.6 Å². The van der Waals surface area contributed by atoms with Crippen LogP contribution >= 0.6 is 0 Å². The maximum absolute atomic E-state index is 13.5. The van der Waals surface area contributed by atoms with E-state index in [1.807, 2.05) is 30.3 Å². The van der Waals surface area contributed by atoms with E-state index in [0.717, 1.165) is 11.6 Å². The van der Waals surface area contributed by atoms with Gasteiger partial charge in [-0.05, 0) is 30.5 Å². The first-order valence-electron chi connectivity index (χ1n) is 7.91. The van der Waals surface area contributed by atoms with Gasteiger partial charge in [0, 0.05) is 18.9 Å². The van der Waals surface area contributed by atoms with Crippen LogP contribution in [0.25, 0.3) is 0 Å². The summed E-state index contributed by atoms with van der Waals surface area (Å²) >= 11 is 0. The van der Waals surface area contributed by atoms with E-state index in [1.165, 1.54) is 12.1 Å². The Bertz CT molecular complexity index is 676. The topological polar surface area (TPSA) is 49.3 Å². The van der Waals surface area contributed by atoms with Crippen molar-refractivity contribution in [3.63, 3.8) is 0 Å². The van der Waals surface area contributed by atoms with Crippen LogP contribution in [0.4, 0.5) is 8.78 Å². The van der Waals surface area contributed by atoms with Crippen LogP contribution in [0.15, 0.2) is 48.5 Å². The maximum atomic E-state index is 13.5. The molecule has 0 fully saturated rings. The zero-order chi connectivity index (χ0) is 17.5. The fourth-order valence-electron chi connectivity index (χ4n) is 2.43. The van der Waals surface area contributed by atoms with Crippen LogP contribution < -0.4 is 5.32 Å². The van der Waals surface area contributed by atoms with E-state index in [2.05, 4.69) is 5.32 Å². The third-order valence-electron chi connectivity index (χ3n) is 3.89. The highest BCUT2D eigenvalue weighted by Crippen LogP contribution is 2.12. The van der Waals surface area contributed by atoms with Crippen molar-refractivity contribution in [2.24, 2.45) is 0 Å². The summed E-state index contributed by atoms with van der Waals surface area (Å²) in [5, 5.41) is 12.9. The standard InChI is InChI=1S/C19H21F2NO2/c1-13(18(23)11-14-5-3-2-4-6-14)22-19(24)10-8-15-7-9-16(20)12-17(15)21/h2-7,9,12-13,18,23H,8,10-11H2,1H3,(H,22,24). The Kier molecular flexibility index (Phi) is 6.44. The van der Waals surface area contributed by atoms with E-state index >= 15 is 0 Å². The molecule has 0 radical (unpaired) electrons. The lowest BCUT2D eigenvalue weighted by Gasteiger charge is -2.20. The molecule has 0 heterocycles. The average Bonchev–Trinajstić information content (AvgIpc) is 2.55. The SMILES string of the molecule is CC(NC(=O)CCc1ccc(F)cc1F)C(O)Cc1ccccc1. The van der Waals surface area contributed by atoms with Crippen molar-refractivity contribution in [3.05, 3.63) is 71.3 Å². The number of amides is 1. The van der Waals surface area contributed by atoms with Gasteiger partial charge in [0.05, 0.1) is 12.1 Å². The molecular weight excluding hydrogens is 312 g/mol. The van der Waals surface area contributed by atoms with Crippen molar-refractivity contribution in [3.8, 4) is 0 Å². The molecule has 2 N–H and O–H groups in total. The van der Waals surface area contributed by atoms with Gasteiger partial charge in [-0.1, -0.05) is 36.4 Å². The maximum Gasteiger partial charge on any atom is 0.220 e. The van der Waals surface area contributed by atoms with Crippen molar-refractivity contribution in [2.45, 2.75) is 38.3 Å². The Morgan fingerprint density at radius 1 is 1.17 bits per heavy atom. The minimum absolute atomic E-state index is 0.0744. The molecule has 0 aliphatic carbocycles. The van der Waals surface area contributed by atoms with Crippen molar-refractivity contribution in [1.29, 1.82) is 0 Å². The Morgan fingerprint density at radius 3 is 2.54 bits per heavy atom. The lowest BCUT2D eigenvalue weighted by Crippen LogP contribution is -2.42. The molecule has 5 heteroatoms. The second-order valence-corrected chi connectivity index (χ2v) is 5.85. The molecular formula is C19H21F2NO2. The molecule has 2 atom stereocenters. The van der Waals surface area contributed by atoms with Gasteiger partial charge < -0.3 is 10.4 Å². The molecule has 1 amide bonds. The van der Waals surface area contributed by atoms with Crippen molar-refractivity contribution >= 4 is 5.91 Å². The molecule has 24 heavy (non-hydrogen) atoms. The van der Waals surface area contributed by atoms with Crippen molar-refractivity contribution in [1.82, 2.24) is 5.32 Å². The van der Waals surface area contributed by atoms with Gasteiger partial charge in [0.15, 0.2) is 0 Å². The first-order chi connectivity index (χ1) is 11.5. The summed E-state index contributed by atoms with van der Waals surface area (Å²) in [7, 11) is 0. The van der Waals surface area contributed by atoms with Gasteiger partial charge >= 0.3 is 0 Å². The number of aryl methyl sites for hydroxylation is 1. The van der Waals surface area contributed by atoms with Crippen LogP contribution in [-0.4, -0.2) is 23.2 Å². The van der Waals surface area contributed by atoms with E-state index in [-0.39, 0.29) is 18.7 Å². The molecule has 0 aliphatic heterocycles. The number of carbonyl (C=O) groups excluding carboxylic acids is 1. The van der Waals surface area contributed by atoms with Gasteiger partial charge in [-0.2, -0.15) is 0 Å². The first kappa shape index (κ1) is 18.1. The number of halogens is 2. The Labute approximate surface area is 140 Å². The molecule has 2 unspecified atom stereocenters. The van der Waals surface area contributed by atoms with Crippen LogP contribution in [0.5, 0.6) is 0 Å². The van der Waals surface area contributed by atoms with Gasteiger partial charge in [0.1, 0.15) is 11.6 Å². The second-order valence-electron chi connectivity index (χ2n) is 5.85. The number of benzene rings is 2. The third kappa shape index (κ3) is 5.42. The van der Waals surface area contributed by atoms with E-state index in [9.17, 15) is 18.7 Å². The molecule has 0 saturated carbocycles. The largest absolute Gasteiger partial charge is 0.391 e. The molecule has 0 bridgehead atoms. The molecule has 2 rings (SSSR count). The van der Waals surface area contributed by atoms with Crippen LogP contribution in [0.2, 0.25) is 0 Å². The number of carbonyl (C=O) groups is 1. The molecule has 0 aliphatic rings. The third-order valence-corrected chi connectivity index (χ3v) is 3.89. The minimum Gasteiger partial charge on any atom is -0.391 e. The lowest BCUT2D eigenvalue weighted by atomic mass is 10.0. The smallest absolute Gasteiger partial charge is 0.220 e. The number of aliphatic hydroxyl groups excluding tert-OH is 1. The summed E-state index contributed by atoms with van der Waals surface area (Å²) in [5.41, 5.74) is 1.28. The van der Waals surface area contributed by atoms with E-state index in [0.29, 0.717) is 12.0 Å². The molecule has 3 nitrogen and oxygen atoms in total. The fourth-order valence-corrected chi connectivity index (χ4v) is 2.43. The van der Waals surface area contributed by atoms with Crippen LogP contribution in [0.3, 0.4) is 0 Å². The Balaban J connectivity index is 1.80. The highest BCUT2D eigenvalue weighted by Gasteiger charge is 2.17. The zero-order valence-electron chi connectivity index (χ0n) is 13.5. The predicted octanol–water partition coefficient (Wildman–Crippen LogP) is 3.01. The normalized spacial score (nSPS) is 13.3. The first-order valence-corrected chi connectivity index (χ1v) is 7.91. The van der Waals surface area contributed by atoms with Gasteiger partial charge in [-0.3, -0.25) is 4.79 Å². The molecule has 128 valence electrons. The summed E-state index contributed by atoms with van der Waals surface area (Å²) in [6, 6.07) is 12.4. The van der Waals surface area contributed by atoms with Gasteiger partial charge in [-0.25, -0.2) is 8.78 Å². The number of nitrogens with one attached hydrogen (secondary N) is 1. The Morgan fingerprint density at radius 2 is 1.88 bits per heavy atom. The fraction of sp³-hybridized carbons (Fsp3) is 0.316. The molecule has 0 aromatic heterocycles. The molecule has 2 aromatic carbocycles. The second kappa shape index (κ2) is 8.55. The summed E-state index contributed by atoms with van der Waals surface area (Å²) in [5.74, 6) is -1.57. The van der Waals surface area contributed by atoms with E-state index in [4.69, 9.17) is 0 Å². The van der Waals surface area contributed by atoms with Crippen LogP contribution in [-0.2, 0) is 17.6 Å². The van der Waals surface area contributed by atoms with Crippen molar-refractivity contribution in [2.75, 3.05) is 0 Å². The predicted molar refractivity (Wildman–Crippen MR) is 88.4 cm³/mol. The highest BCUT2D eigenvalue weighted by molar-refractivity contribution is 5.76. The Hall–Kier alpha value is -2.27. The molecule has 2 aromatic rings.